The average Bonchev–Trinajstić information content (AvgIpc) is 2.20. The lowest BCUT2D eigenvalue weighted by Crippen LogP contribution is -2.04. The van der Waals surface area contributed by atoms with Crippen molar-refractivity contribution in [3.05, 3.63) is 23.8 Å². The van der Waals surface area contributed by atoms with Crippen molar-refractivity contribution < 1.29 is 28.8 Å². The molecular formula is C8H12O6P2. The van der Waals surface area contributed by atoms with E-state index in [2.05, 4.69) is 0 Å². The van der Waals surface area contributed by atoms with Crippen LogP contribution in [0.1, 0.15) is 5.56 Å². The molecule has 8 heteroatoms. The highest BCUT2D eigenvalue weighted by molar-refractivity contribution is 7.54. The van der Waals surface area contributed by atoms with E-state index in [0.717, 1.165) is 0 Å². The first-order valence-electron chi connectivity index (χ1n) is 4.20. The van der Waals surface area contributed by atoms with Gasteiger partial charge in [0.25, 0.3) is 0 Å². The van der Waals surface area contributed by atoms with Gasteiger partial charge in [-0.3, -0.25) is 0 Å². The Kier molecular flexibility index (Phi) is 5.52. The summed E-state index contributed by atoms with van der Waals surface area (Å²) in [4.78, 5) is 35.5. The minimum absolute atomic E-state index is 0.176. The van der Waals surface area contributed by atoms with Crippen molar-refractivity contribution >= 4 is 22.3 Å². The fourth-order valence-electron chi connectivity index (χ4n) is 1.14. The van der Waals surface area contributed by atoms with Crippen molar-refractivity contribution in [3.8, 4) is 5.75 Å². The summed E-state index contributed by atoms with van der Waals surface area (Å²) in [6.45, 7) is 0.176. The van der Waals surface area contributed by atoms with Gasteiger partial charge in [0.1, 0.15) is 5.75 Å². The Labute approximate surface area is 95.0 Å². The zero-order chi connectivity index (χ0) is 12.1. The van der Waals surface area contributed by atoms with E-state index in [-0.39, 0.29) is 12.4 Å². The van der Waals surface area contributed by atoms with E-state index in [1.54, 1.807) is 0 Å². The van der Waals surface area contributed by atoms with Crippen LogP contribution in [-0.2, 0) is 11.3 Å². The predicted octanol–water partition coefficient (Wildman–Crippen LogP) is 0.345. The van der Waals surface area contributed by atoms with Crippen LogP contribution in [0, 0.1) is 0 Å². The number of hydrogen-bond donors (Lipinski definition) is 4. The average molecular weight is 266 g/mol. The van der Waals surface area contributed by atoms with Crippen LogP contribution in [0.25, 0.3) is 0 Å². The zero-order valence-electron chi connectivity index (χ0n) is 8.44. The van der Waals surface area contributed by atoms with Gasteiger partial charge >= 0.3 is 8.60 Å². The lowest BCUT2D eigenvalue weighted by molar-refractivity contribution is 0.183. The third-order valence-corrected chi connectivity index (χ3v) is 2.85. The van der Waals surface area contributed by atoms with Crippen molar-refractivity contribution in [1.82, 2.24) is 0 Å². The molecule has 0 heterocycles. The Morgan fingerprint density at radius 2 is 1.88 bits per heavy atom. The highest BCUT2D eigenvalue weighted by atomic mass is 31.2. The molecule has 0 amide bonds. The standard InChI is InChI=1S/C8H12O6P2/c1-13-5-6-4-7(15(9)10)2-3-8(6)14-16(11)12/h2-4,9-12H,5H2,1H3. The molecule has 0 spiro atoms. The molecule has 0 aliphatic carbocycles. The maximum Gasteiger partial charge on any atom is 0.391 e. The van der Waals surface area contributed by atoms with Gasteiger partial charge in [0, 0.05) is 18.0 Å². The maximum atomic E-state index is 9.03. The predicted molar refractivity (Wildman–Crippen MR) is 60.1 cm³/mol. The lowest BCUT2D eigenvalue weighted by Gasteiger charge is -2.12. The molecule has 0 aromatic heterocycles. The Hall–Kier alpha value is -0.320. The lowest BCUT2D eigenvalue weighted by atomic mass is 10.2. The van der Waals surface area contributed by atoms with Crippen molar-refractivity contribution in [2.24, 2.45) is 0 Å². The SMILES string of the molecule is COCc1cc(P(O)O)ccc1OP(O)O. The molecule has 0 atom stereocenters. The molecule has 0 unspecified atom stereocenters. The smallest absolute Gasteiger partial charge is 0.391 e. The summed E-state index contributed by atoms with van der Waals surface area (Å²) in [7, 11) is -3.22. The minimum atomic E-state index is -2.50. The molecule has 0 radical (unpaired) electrons. The Morgan fingerprint density at radius 3 is 2.38 bits per heavy atom. The molecule has 1 aromatic carbocycles. The van der Waals surface area contributed by atoms with Crippen LogP contribution in [0.2, 0.25) is 0 Å². The van der Waals surface area contributed by atoms with E-state index in [0.29, 0.717) is 10.9 Å². The highest BCUT2D eigenvalue weighted by Gasteiger charge is 2.12. The van der Waals surface area contributed by atoms with Gasteiger partial charge in [-0.05, 0) is 18.2 Å². The summed E-state index contributed by atoms with van der Waals surface area (Å²) in [5.74, 6) is 0.249. The van der Waals surface area contributed by atoms with Crippen LogP contribution < -0.4 is 9.83 Å². The molecule has 0 aliphatic rings. The van der Waals surface area contributed by atoms with E-state index >= 15 is 0 Å². The summed E-state index contributed by atoms with van der Waals surface area (Å²) in [6.07, 6.45) is 0. The molecule has 1 aromatic rings. The second-order valence-corrected chi connectivity index (χ2v) is 4.64. The first-order chi connectivity index (χ1) is 7.54. The molecule has 90 valence electrons. The van der Waals surface area contributed by atoms with Gasteiger partial charge in [-0.1, -0.05) is 0 Å². The van der Waals surface area contributed by atoms with Gasteiger partial charge in [-0.2, -0.15) is 0 Å². The van der Waals surface area contributed by atoms with E-state index in [9.17, 15) is 0 Å². The first-order valence-corrected chi connectivity index (χ1v) is 6.61. The molecule has 0 saturated heterocycles. The molecule has 0 fully saturated rings. The first kappa shape index (κ1) is 13.7. The molecule has 0 saturated carbocycles. The minimum Gasteiger partial charge on any atom is -0.427 e. The third-order valence-electron chi connectivity index (χ3n) is 1.75. The molecule has 0 bridgehead atoms. The highest BCUT2D eigenvalue weighted by Crippen LogP contribution is 2.33. The van der Waals surface area contributed by atoms with E-state index in [1.165, 1.54) is 25.3 Å². The summed E-state index contributed by atoms with van der Waals surface area (Å²) in [6, 6.07) is 4.37. The van der Waals surface area contributed by atoms with Crippen LogP contribution in [-0.4, -0.2) is 26.7 Å². The van der Waals surface area contributed by atoms with Crippen LogP contribution in [0.15, 0.2) is 18.2 Å². The number of methoxy groups -OCH3 is 1. The van der Waals surface area contributed by atoms with Crippen LogP contribution in [0.3, 0.4) is 0 Å². The van der Waals surface area contributed by atoms with Gasteiger partial charge in [-0.15, -0.1) is 0 Å². The van der Waals surface area contributed by atoms with Gasteiger partial charge in [0.15, 0.2) is 8.38 Å². The van der Waals surface area contributed by atoms with E-state index in [4.69, 9.17) is 28.8 Å². The fourth-order valence-corrected chi connectivity index (χ4v) is 1.97. The number of ether oxygens (including phenoxy) is 1. The molecule has 16 heavy (non-hydrogen) atoms. The van der Waals surface area contributed by atoms with Crippen molar-refractivity contribution in [3.63, 3.8) is 0 Å². The van der Waals surface area contributed by atoms with Gasteiger partial charge in [-0.25, -0.2) is 0 Å². The molecule has 4 N–H and O–H groups in total. The Morgan fingerprint density at radius 1 is 1.19 bits per heavy atom. The summed E-state index contributed by atoms with van der Waals surface area (Å²) in [5, 5.41) is 0.342. The molecular weight excluding hydrogens is 254 g/mol. The number of hydrogen-bond acceptors (Lipinski definition) is 6. The number of rotatable bonds is 5. The molecule has 1 rings (SSSR count). The monoisotopic (exact) mass is 266 g/mol. The molecule has 6 nitrogen and oxygen atoms in total. The van der Waals surface area contributed by atoms with Crippen molar-refractivity contribution in [1.29, 1.82) is 0 Å². The van der Waals surface area contributed by atoms with Crippen LogP contribution in [0.4, 0.5) is 0 Å². The van der Waals surface area contributed by atoms with Crippen LogP contribution in [0.5, 0.6) is 5.75 Å². The van der Waals surface area contributed by atoms with Gasteiger partial charge in [0.2, 0.25) is 0 Å². The Balaban J connectivity index is 2.99. The molecule has 0 aliphatic heterocycles. The Bertz CT molecular complexity index is 343. The normalized spacial score (nSPS) is 11.2. The fraction of sp³-hybridized carbons (Fsp3) is 0.250. The number of benzene rings is 1. The van der Waals surface area contributed by atoms with E-state index in [1.807, 2.05) is 0 Å². The topological polar surface area (TPSA) is 99.4 Å². The quantitative estimate of drug-likeness (QED) is 0.574. The van der Waals surface area contributed by atoms with Crippen molar-refractivity contribution in [2.45, 2.75) is 6.61 Å². The summed E-state index contributed by atoms with van der Waals surface area (Å²) in [5.41, 5.74) is 0.520. The second-order valence-electron chi connectivity index (χ2n) is 2.86. The second kappa shape index (κ2) is 6.42. The summed E-state index contributed by atoms with van der Waals surface area (Å²) >= 11 is 0. The van der Waals surface area contributed by atoms with Crippen molar-refractivity contribution in [2.75, 3.05) is 7.11 Å². The maximum absolute atomic E-state index is 9.03. The zero-order valence-corrected chi connectivity index (χ0v) is 10.2. The van der Waals surface area contributed by atoms with E-state index < -0.39 is 17.0 Å². The summed E-state index contributed by atoms with van der Waals surface area (Å²) < 4.78 is 9.67. The third kappa shape index (κ3) is 3.92. The van der Waals surface area contributed by atoms with Gasteiger partial charge < -0.3 is 28.8 Å². The van der Waals surface area contributed by atoms with Crippen LogP contribution >= 0.6 is 17.0 Å². The van der Waals surface area contributed by atoms with Gasteiger partial charge in [0.05, 0.1) is 6.61 Å². The largest absolute Gasteiger partial charge is 0.427 e.